The quantitative estimate of drug-likeness (QED) is 0.827. The van der Waals surface area contributed by atoms with E-state index in [1.807, 2.05) is 13.8 Å². The van der Waals surface area contributed by atoms with Gasteiger partial charge in [0.1, 0.15) is 10.6 Å². The van der Waals surface area contributed by atoms with Gasteiger partial charge in [-0.05, 0) is 41.9 Å². The number of morpholine rings is 1. The SMILES string of the molecule is CC(C)NC(=O)C1COCCN1C(=O)c1ccnc(Br)c1. The van der Waals surface area contributed by atoms with Crippen molar-refractivity contribution in [1.29, 1.82) is 0 Å². The van der Waals surface area contributed by atoms with E-state index in [9.17, 15) is 9.59 Å². The average Bonchev–Trinajstić information content (AvgIpc) is 2.46. The number of rotatable bonds is 3. The van der Waals surface area contributed by atoms with Crippen LogP contribution in [0, 0.1) is 0 Å². The first-order valence-corrected chi connectivity index (χ1v) is 7.59. The second-order valence-corrected chi connectivity index (χ2v) is 5.93. The largest absolute Gasteiger partial charge is 0.377 e. The summed E-state index contributed by atoms with van der Waals surface area (Å²) in [5.41, 5.74) is 0.501. The lowest BCUT2D eigenvalue weighted by Gasteiger charge is -2.35. The summed E-state index contributed by atoms with van der Waals surface area (Å²) in [5.74, 6) is -0.378. The maximum atomic E-state index is 12.6. The topological polar surface area (TPSA) is 71.5 Å². The Morgan fingerprint density at radius 2 is 2.29 bits per heavy atom. The fourth-order valence-corrected chi connectivity index (χ4v) is 2.51. The number of hydrogen-bond acceptors (Lipinski definition) is 4. The Bertz CT molecular complexity index is 536. The predicted octanol–water partition coefficient (Wildman–Crippen LogP) is 1.21. The normalized spacial score (nSPS) is 18.7. The average molecular weight is 356 g/mol. The standard InChI is InChI=1S/C14H18BrN3O3/c1-9(2)17-13(19)11-8-21-6-5-18(11)14(20)10-3-4-16-12(15)7-10/h3-4,7,9,11H,5-6,8H2,1-2H3,(H,17,19). The molecule has 2 amide bonds. The van der Waals surface area contributed by atoms with Gasteiger partial charge in [-0.25, -0.2) is 4.98 Å². The molecule has 1 atom stereocenters. The molecule has 0 bridgehead atoms. The number of nitrogens with zero attached hydrogens (tertiary/aromatic N) is 2. The van der Waals surface area contributed by atoms with Crippen molar-refractivity contribution < 1.29 is 14.3 Å². The number of amides is 2. The lowest BCUT2D eigenvalue weighted by Crippen LogP contribution is -2.56. The van der Waals surface area contributed by atoms with Crippen LogP contribution >= 0.6 is 15.9 Å². The van der Waals surface area contributed by atoms with Crippen molar-refractivity contribution in [1.82, 2.24) is 15.2 Å². The monoisotopic (exact) mass is 355 g/mol. The van der Waals surface area contributed by atoms with Crippen molar-refractivity contribution in [2.45, 2.75) is 25.9 Å². The number of carbonyl (C=O) groups excluding carboxylic acids is 2. The van der Waals surface area contributed by atoms with Crippen LogP contribution in [-0.4, -0.2) is 53.5 Å². The minimum Gasteiger partial charge on any atom is -0.377 e. The van der Waals surface area contributed by atoms with Crippen LogP contribution in [0.5, 0.6) is 0 Å². The number of carbonyl (C=O) groups is 2. The minimum atomic E-state index is -0.597. The van der Waals surface area contributed by atoms with E-state index in [1.54, 1.807) is 23.2 Å². The molecule has 1 aromatic heterocycles. The van der Waals surface area contributed by atoms with Crippen LogP contribution in [0.4, 0.5) is 0 Å². The highest BCUT2D eigenvalue weighted by molar-refractivity contribution is 9.10. The van der Waals surface area contributed by atoms with Crippen molar-refractivity contribution in [3.63, 3.8) is 0 Å². The summed E-state index contributed by atoms with van der Waals surface area (Å²) in [4.78, 5) is 30.4. The highest BCUT2D eigenvalue weighted by Crippen LogP contribution is 2.15. The Labute approximate surface area is 132 Å². The first kappa shape index (κ1) is 15.9. The number of halogens is 1. The van der Waals surface area contributed by atoms with Gasteiger partial charge in [-0.15, -0.1) is 0 Å². The highest BCUT2D eigenvalue weighted by atomic mass is 79.9. The first-order valence-electron chi connectivity index (χ1n) is 6.79. The molecule has 0 radical (unpaired) electrons. The van der Waals surface area contributed by atoms with Crippen molar-refractivity contribution in [3.8, 4) is 0 Å². The molecular weight excluding hydrogens is 338 g/mol. The first-order chi connectivity index (χ1) is 9.99. The van der Waals surface area contributed by atoms with Gasteiger partial charge in [-0.3, -0.25) is 9.59 Å². The molecule has 1 saturated heterocycles. The molecular formula is C14H18BrN3O3. The third-order valence-corrected chi connectivity index (χ3v) is 3.53. The molecule has 1 aliphatic heterocycles. The van der Waals surface area contributed by atoms with Gasteiger partial charge in [0, 0.05) is 24.3 Å². The molecule has 1 N–H and O–H groups in total. The van der Waals surface area contributed by atoms with E-state index in [1.165, 1.54) is 0 Å². The minimum absolute atomic E-state index is 0.0199. The Hall–Kier alpha value is -1.47. The molecule has 1 fully saturated rings. The summed E-state index contributed by atoms with van der Waals surface area (Å²) < 4.78 is 5.94. The number of aromatic nitrogens is 1. The van der Waals surface area contributed by atoms with E-state index >= 15 is 0 Å². The number of pyridine rings is 1. The highest BCUT2D eigenvalue weighted by Gasteiger charge is 2.33. The second-order valence-electron chi connectivity index (χ2n) is 5.12. The number of nitrogens with one attached hydrogen (secondary N) is 1. The summed E-state index contributed by atoms with van der Waals surface area (Å²) in [5, 5.41) is 2.83. The van der Waals surface area contributed by atoms with Crippen molar-refractivity contribution in [3.05, 3.63) is 28.5 Å². The van der Waals surface area contributed by atoms with Gasteiger partial charge in [0.15, 0.2) is 0 Å². The summed E-state index contributed by atoms with van der Waals surface area (Å²) in [6.45, 7) is 4.82. The maximum absolute atomic E-state index is 12.6. The van der Waals surface area contributed by atoms with E-state index in [2.05, 4.69) is 26.2 Å². The van der Waals surface area contributed by atoms with Crippen LogP contribution in [-0.2, 0) is 9.53 Å². The molecule has 2 heterocycles. The zero-order valence-electron chi connectivity index (χ0n) is 12.0. The Morgan fingerprint density at radius 1 is 1.52 bits per heavy atom. The van der Waals surface area contributed by atoms with Crippen LogP contribution < -0.4 is 5.32 Å². The second kappa shape index (κ2) is 7.00. The van der Waals surface area contributed by atoms with Gasteiger partial charge < -0.3 is 15.0 Å². The third-order valence-electron chi connectivity index (χ3n) is 3.10. The molecule has 2 rings (SSSR count). The summed E-state index contributed by atoms with van der Waals surface area (Å²) in [6, 6.07) is 2.71. The van der Waals surface area contributed by atoms with Crippen molar-refractivity contribution >= 4 is 27.7 Å². The maximum Gasteiger partial charge on any atom is 0.254 e. The van der Waals surface area contributed by atoms with Crippen LogP contribution in [0.1, 0.15) is 24.2 Å². The molecule has 0 spiro atoms. The smallest absolute Gasteiger partial charge is 0.254 e. The van der Waals surface area contributed by atoms with Crippen LogP contribution in [0.3, 0.4) is 0 Å². The zero-order chi connectivity index (χ0) is 15.4. The van der Waals surface area contributed by atoms with Gasteiger partial charge in [-0.1, -0.05) is 0 Å². The van der Waals surface area contributed by atoms with Crippen molar-refractivity contribution in [2.75, 3.05) is 19.8 Å². The summed E-state index contributed by atoms with van der Waals surface area (Å²) >= 11 is 3.25. The van der Waals surface area contributed by atoms with E-state index < -0.39 is 6.04 Å². The van der Waals surface area contributed by atoms with Gasteiger partial charge in [0.25, 0.3) is 5.91 Å². The Morgan fingerprint density at radius 3 is 2.95 bits per heavy atom. The van der Waals surface area contributed by atoms with Crippen LogP contribution in [0.25, 0.3) is 0 Å². The van der Waals surface area contributed by atoms with E-state index in [0.29, 0.717) is 23.3 Å². The predicted molar refractivity (Wildman–Crippen MR) is 80.9 cm³/mol. The Kier molecular flexibility index (Phi) is 5.30. The molecule has 0 saturated carbocycles. The fraction of sp³-hybridized carbons (Fsp3) is 0.500. The molecule has 21 heavy (non-hydrogen) atoms. The lowest BCUT2D eigenvalue weighted by molar-refractivity contribution is -0.131. The van der Waals surface area contributed by atoms with Gasteiger partial charge in [-0.2, -0.15) is 0 Å². The number of ether oxygens (including phenoxy) is 1. The molecule has 7 heteroatoms. The Balaban J connectivity index is 2.18. The van der Waals surface area contributed by atoms with E-state index in [-0.39, 0.29) is 24.5 Å². The van der Waals surface area contributed by atoms with E-state index in [0.717, 1.165) is 0 Å². The third kappa shape index (κ3) is 4.01. The van der Waals surface area contributed by atoms with E-state index in [4.69, 9.17) is 4.74 Å². The summed E-state index contributed by atoms with van der Waals surface area (Å²) in [7, 11) is 0. The summed E-state index contributed by atoms with van der Waals surface area (Å²) in [6.07, 6.45) is 1.56. The van der Waals surface area contributed by atoms with Gasteiger partial charge >= 0.3 is 0 Å². The molecule has 1 aliphatic rings. The zero-order valence-corrected chi connectivity index (χ0v) is 13.6. The molecule has 0 aliphatic carbocycles. The van der Waals surface area contributed by atoms with Gasteiger partial charge in [0.05, 0.1) is 13.2 Å². The molecule has 6 nitrogen and oxygen atoms in total. The molecule has 114 valence electrons. The lowest BCUT2D eigenvalue weighted by atomic mass is 10.1. The van der Waals surface area contributed by atoms with Crippen molar-refractivity contribution in [2.24, 2.45) is 0 Å². The molecule has 0 aromatic carbocycles. The van der Waals surface area contributed by atoms with Gasteiger partial charge in [0.2, 0.25) is 5.91 Å². The van der Waals surface area contributed by atoms with Crippen LogP contribution in [0.2, 0.25) is 0 Å². The van der Waals surface area contributed by atoms with Crippen LogP contribution in [0.15, 0.2) is 22.9 Å². The number of hydrogen-bond donors (Lipinski definition) is 1. The fourth-order valence-electron chi connectivity index (χ4n) is 2.15. The molecule has 1 aromatic rings. The molecule has 1 unspecified atom stereocenters.